The van der Waals surface area contributed by atoms with E-state index in [0.29, 0.717) is 63.0 Å². The van der Waals surface area contributed by atoms with Crippen LogP contribution in [0.5, 0.6) is 0 Å². The molecule has 6 aliphatic rings. The Bertz CT molecular complexity index is 2450. The summed E-state index contributed by atoms with van der Waals surface area (Å²) in [7, 11) is 0. The largest absolute Gasteiger partial charge is 0.371 e. The van der Waals surface area contributed by atoms with Gasteiger partial charge in [-0.2, -0.15) is 0 Å². The number of alkyl halides is 2. The van der Waals surface area contributed by atoms with E-state index >= 15 is 8.78 Å². The van der Waals surface area contributed by atoms with Crippen molar-refractivity contribution in [2.75, 3.05) is 44.2 Å². The Morgan fingerprint density at radius 1 is 0.885 bits per heavy atom. The maximum Gasteiger partial charge on any atom is 0.262 e. The number of nitrogens with zero attached hydrogens (tertiary/aromatic N) is 5. The smallest absolute Gasteiger partial charge is 0.262 e. The molecule has 1 aromatic heterocycles. The van der Waals surface area contributed by atoms with Gasteiger partial charge in [0.05, 0.1) is 29.6 Å². The van der Waals surface area contributed by atoms with E-state index in [-0.39, 0.29) is 47.4 Å². The molecule has 3 fully saturated rings. The Kier molecular flexibility index (Phi) is 9.77. The van der Waals surface area contributed by atoms with Gasteiger partial charge in [0.15, 0.2) is 0 Å². The normalized spacial score (nSPS) is 23.8. The van der Waals surface area contributed by atoms with Crippen molar-refractivity contribution in [3.05, 3.63) is 99.2 Å². The summed E-state index contributed by atoms with van der Waals surface area (Å²) >= 11 is 0. The summed E-state index contributed by atoms with van der Waals surface area (Å²) < 4.78 is 60.3. The van der Waals surface area contributed by atoms with Crippen molar-refractivity contribution >= 4 is 46.1 Å². The highest BCUT2D eigenvalue weighted by Crippen LogP contribution is 2.44. The standard InChI is InChI=1S/C45H45F4N7O5/c1-23-12-30-29-4-2-3-5-35(29)50-40(30)41(55(23)22-37(48)49)39-33(46)15-28(16-34(39)47)53-10-8-24(9-11-53)17-52-18-27(19-52)43(59)54-20-25-13-31-32(14-26(25)21-54)45(61)56(44(31)60)36-6-7-38(57)51-42(36)58/h2-5,13-16,23-24,27,36-37,41,50H,6-12,17-22H2,1H3,(H,51,57,58)/t23-,36?,41-/m1/s1. The molecule has 0 radical (unpaired) electrons. The van der Waals surface area contributed by atoms with E-state index in [2.05, 4.69) is 15.2 Å². The number of halogens is 4. The zero-order valence-electron chi connectivity index (χ0n) is 33.6. The van der Waals surface area contributed by atoms with E-state index in [1.165, 1.54) is 17.0 Å². The Morgan fingerprint density at radius 3 is 2.18 bits per heavy atom. The summed E-state index contributed by atoms with van der Waals surface area (Å²) in [5.74, 6) is -3.60. The molecule has 0 saturated carbocycles. The van der Waals surface area contributed by atoms with Gasteiger partial charge in [-0.3, -0.25) is 39.1 Å². The third kappa shape index (κ3) is 6.78. The summed E-state index contributed by atoms with van der Waals surface area (Å²) in [5, 5.41) is 3.13. The Balaban J connectivity index is 0.741. The van der Waals surface area contributed by atoms with Crippen LogP contribution in [-0.2, 0) is 33.9 Å². The first-order valence-electron chi connectivity index (χ1n) is 21.1. The third-order valence-corrected chi connectivity index (χ3v) is 13.8. The number of rotatable bonds is 8. The Morgan fingerprint density at radius 2 is 1.54 bits per heavy atom. The summed E-state index contributed by atoms with van der Waals surface area (Å²) in [6, 6.07) is 11.1. The lowest BCUT2D eigenvalue weighted by molar-refractivity contribution is -0.142. The number of aromatic nitrogens is 1. The molecular weight excluding hydrogens is 795 g/mol. The number of anilines is 1. The Hall–Kier alpha value is -5.61. The van der Waals surface area contributed by atoms with Crippen LogP contribution < -0.4 is 10.2 Å². The number of fused-ring (bicyclic) bond motifs is 5. The van der Waals surface area contributed by atoms with Crippen LogP contribution in [0.4, 0.5) is 23.2 Å². The minimum atomic E-state index is -2.68. The number of imide groups is 2. The molecule has 12 nitrogen and oxygen atoms in total. The molecule has 3 saturated heterocycles. The number of benzene rings is 3. The SMILES string of the molecule is C[C@@H]1Cc2c([nH]c3ccccc23)[C@@H](c2c(F)cc(N3CCC(CN4CC(C(=O)N5Cc6cc7c(cc6C5)C(=O)N(C5CCC(=O)NC5=O)C7=O)C4)CC3)cc2F)N1CC(F)F. The first-order chi connectivity index (χ1) is 29.3. The highest BCUT2D eigenvalue weighted by atomic mass is 19.3. The molecule has 7 heterocycles. The molecule has 2 N–H and O–H groups in total. The maximum atomic E-state index is 16.2. The zero-order valence-corrected chi connectivity index (χ0v) is 33.6. The van der Waals surface area contributed by atoms with Gasteiger partial charge in [0.25, 0.3) is 18.2 Å². The lowest BCUT2D eigenvalue weighted by Crippen LogP contribution is -2.55. The molecule has 5 amide bonds. The number of amides is 5. The monoisotopic (exact) mass is 839 g/mol. The van der Waals surface area contributed by atoms with Crippen LogP contribution in [0.25, 0.3) is 10.9 Å². The van der Waals surface area contributed by atoms with Gasteiger partial charge in [-0.15, -0.1) is 0 Å². The van der Waals surface area contributed by atoms with E-state index in [1.54, 1.807) is 17.0 Å². The van der Waals surface area contributed by atoms with Crippen LogP contribution in [0, 0.1) is 23.5 Å². The van der Waals surface area contributed by atoms with Gasteiger partial charge in [0.2, 0.25) is 17.7 Å². The predicted octanol–water partition coefficient (Wildman–Crippen LogP) is 5.14. The van der Waals surface area contributed by atoms with Gasteiger partial charge < -0.3 is 19.7 Å². The minimum Gasteiger partial charge on any atom is -0.371 e. The fraction of sp³-hybridized carbons (Fsp3) is 0.444. The van der Waals surface area contributed by atoms with E-state index < -0.39 is 60.3 Å². The Labute approximate surface area is 348 Å². The highest BCUT2D eigenvalue weighted by molar-refractivity contribution is 6.23. The van der Waals surface area contributed by atoms with Crippen molar-refractivity contribution in [1.29, 1.82) is 0 Å². The molecule has 10 rings (SSSR count). The second-order valence-corrected chi connectivity index (χ2v) is 17.6. The number of likely N-dealkylation sites (tertiary alicyclic amines) is 1. The lowest BCUT2D eigenvalue weighted by Gasteiger charge is -2.43. The first-order valence-corrected chi connectivity index (χ1v) is 21.1. The molecule has 1 unspecified atom stereocenters. The molecule has 6 aliphatic heterocycles. The minimum absolute atomic E-state index is 0.0125. The van der Waals surface area contributed by atoms with Gasteiger partial charge in [0.1, 0.15) is 17.7 Å². The second-order valence-electron chi connectivity index (χ2n) is 17.6. The number of para-hydroxylation sites is 1. The van der Waals surface area contributed by atoms with Gasteiger partial charge in [-0.25, -0.2) is 17.6 Å². The molecule has 0 spiro atoms. The number of carbonyl (C=O) groups is 5. The van der Waals surface area contributed by atoms with Crippen LogP contribution >= 0.6 is 0 Å². The van der Waals surface area contributed by atoms with E-state index in [4.69, 9.17) is 0 Å². The van der Waals surface area contributed by atoms with Crippen molar-refractivity contribution in [2.45, 2.75) is 76.7 Å². The molecular formula is C45H45F4N7O5. The summed E-state index contributed by atoms with van der Waals surface area (Å²) in [4.78, 5) is 76.0. The first kappa shape index (κ1) is 39.5. The van der Waals surface area contributed by atoms with Gasteiger partial charge in [-0.05, 0) is 85.5 Å². The van der Waals surface area contributed by atoms with Crippen molar-refractivity contribution in [2.24, 2.45) is 11.8 Å². The number of H-pyrrole nitrogens is 1. The molecule has 318 valence electrons. The predicted molar refractivity (Wildman–Crippen MR) is 215 cm³/mol. The van der Waals surface area contributed by atoms with Crippen LogP contribution in [0.3, 0.4) is 0 Å². The zero-order chi connectivity index (χ0) is 42.4. The van der Waals surface area contributed by atoms with Crippen molar-refractivity contribution in [3.8, 4) is 0 Å². The number of hydrogen-bond acceptors (Lipinski definition) is 8. The molecule has 61 heavy (non-hydrogen) atoms. The van der Waals surface area contributed by atoms with Crippen LogP contribution in [0.15, 0.2) is 48.5 Å². The summed E-state index contributed by atoms with van der Waals surface area (Å²) in [6.07, 6.45) is -0.484. The molecule has 0 aliphatic carbocycles. The number of piperidine rings is 2. The van der Waals surface area contributed by atoms with Crippen LogP contribution in [0.2, 0.25) is 0 Å². The van der Waals surface area contributed by atoms with Crippen molar-refractivity contribution < 1.29 is 41.5 Å². The van der Waals surface area contributed by atoms with Gasteiger partial charge in [0, 0.05) is 86.1 Å². The van der Waals surface area contributed by atoms with Crippen molar-refractivity contribution in [3.63, 3.8) is 0 Å². The fourth-order valence-corrected chi connectivity index (χ4v) is 10.7. The number of nitrogens with one attached hydrogen (secondary N) is 2. The van der Waals surface area contributed by atoms with Crippen LogP contribution in [0.1, 0.15) is 87.3 Å². The van der Waals surface area contributed by atoms with Crippen LogP contribution in [-0.4, -0.2) is 112 Å². The van der Waals surface area contributed by atoms with Gasteiger partial charge in [-0.1, -0.05) is 18.2 Å². The van der Waals surface area contributed by atoms with Gasteiger partial charge >= 0.3 is 0 Å². The maximum absolute atomic E-state index is 16.2. The third-order valence-electron chi connectivity index (χ3n) is 13.8. The molecule has 3 aromatic carbocycles. The number of hydrogen-bond donors (Lipinski definition) is 2. The quantitative estimate of drug-likeness (QED) is 0.185. The average molecular weight is 840 g/mol. The lowest BCUT2D eigenvalue weighted by atomic mass is 9.87. The number of aromatic amines is 1. The second kappa shape index (κ2) is 15.1. The van der Waals surface area contributed by atoms with E-state index in [0.717, 1.165) is 51.9 Å². The summed E-state index contributed by atoms with van der Waals surface area (Å²) in [6.45, 7) is 5.04. The molecule has 16 heteroatoms. The van der Waals surface area contributed by atoms with Crippen molar-refractivity contribution in [1.82, 2.24) is 29.9 Å². The molecule has 0 bridgehead atoms. The van der Waals surface area contributed by atoms with E-state index in [9.17, 15) is 32.8 Å². The topological polar surface area (TPSA) is 129 Å². The van der Waals surface area contributed by atoms with E-state index in [1.807, 2.05) is 36.1 Å². The fourth-order valence-electron chi connectivity index (χ4n) is 10.7. The summed E-state index contributed by atoms with van der Waals surface area (Å²) in [5.41, 5.74) is 4.41. The number of carbonyl (C=O) groups excluding carboxylic acids is 5. The average Bonchev–Trinajstić information content (AvgIpc) is 3.87. The molecule has 4 aromatic rings. The highest BCUT2D eigenvalue weighted by Gasteiger charge is 2.46. The molecule has 3 atom stereocenters.